The van der Waals surface area contributed by atoms with Crippen LogP contribution in [0.25, 0.3) is 0 Å². The number of likely N-dealkylation sites (N-methyl/N-ethyl adjacent to an activating group) is 1. The Balaban J connectivity index is 2.30. The molecule has 1 rings (SSSR count). The first kappa shape index (κ1) is 9.80. The molecule has 72 valence electrons. The third kappa shape index (κ3) is 2.91. The third-order valence-electron chi connectivity index (χ3n) is 1.80. The zero-order chi connectivity index (χ0) is 9.68. The maximum absolute atomic E-state index is 11.1. The molecule has 1 aromatic heterocycles. The van der Waals surface area contributed by atoms with E-state index in [-0.39, 0.29) is 11.9 Å². The van der Waals surface area contributed by atoms with E-state index in [4.69, 9.17) is 4.42 Å². The second kappa shape index (κ2) is 4.67. The first-order chi connectivity index (χ1) is 6.24. The molecule has 0 fully saturated rings. The van der Waals surface area contributed by atoms with E-state index in [1.54, 1.807) is 13.3 Å². The number of hydrogen-bond acceptors (Lipinski definition) is 3. The minimum absolute atomic E-state index is 0.0217. The van der Waals surface area contributed by atoms with E-state index in [1.165, 1.54) is 0 Å². The number of furan rings is 1. The van der Waals surface area contributed by atoms with Crippen LogP contribution < -0.4 is 10.6 Å². The Hall–Kier alpha value is -1.29. The summed E-state index contributed by atoms with van der Waals surface area (Å²) in [6.45, 7) is 2.38. The molecule has 0 unspecified atom stereocenters. The molecule has 13 heavy (non-hydrogen) atoms. The molecule has 1 atom stereocenters. The first-order valence-corrected chi connectivity index (χ1v) is 4.21. The summed E-state index contributed by atoms with van der Waals surface area (Å²) in [5.74, 6) is 0.808. The van der Waals surface area contributed by atoms with Crippen molar-refractivity contribution in [3.05, 3.63) is 24.2 Å². The number of amides is 1. The molecule has 0 bridgehead atoms. The molecular formula is C9H14N2O2. The highest BCUT2D eigenvalue weighted by molar-refractivity contribution is 5.80. The van der Waals surface area contributed by atoms with E-state index in [2.05, 4.69) is 10.6 Å². The monoisotopic (exact) mass is 182 g/mol. The van der Waals surface area contributed by atoms with Gasteiger partial charge in [0.05, 0.1) is 18.8 Å². The lowest BCUT2D eigenvalue weighted by Crippen LogP contribution is -2.40. The van der Waals surface area contributed by atoms with E-state index in [0.29, 0.717) is 6.54 Å². The SMILES string of the molecule is CNC(=O)[C@@H](C)NCc1ccco1. The molecule has 1 amide bonds. The van der Waals surface area contributed by atoms with Crippen molar-refractivity contribution >= 4 is 5.91 Å². The summed E-state index contributed by atoms with van der Waals surface area (Å²) in [6.07, 6.45) is 1.61. The zero-order valence-electron chi connectivity index (χ0n) is 7.83. The molecule has 2 N–H and O–H groups in total. The number of hydrogen-bond donors (Lipinski definition) is 2. The Morgan fingerprint density at radius 1 is 1.69 bits per heavy atom. The van der Waals surface area contributed by atoms with Crippen molar-refractivity contribution in [1.82, 2.24) is 10.6 Å². The molecule has 4 nitrogen and oxygen atoms in total. The molecule has 1 heterocycles. The molecule has 0 spiro atoms. The highest BCUT2D eigenvalue weighted by Crippen LogP contribution is 1.99. The van der Waals surface area contributed by atoms with Crippen molar-refractivity contribution in [2.24, 2.45) is 0 Å². The average molecular weight is 182 g/mol. The van der Waals surface area contributed by atoms with Gasteiger partial charge in [0.1, 0.15) is 5.76 Å². The fourth-order valence-corrected chi connectivity index (χ4v) is 0.976. The second-order valence-electron chi connectivity index (χ2n) is 2.80. The van der Waals surface area contributed by atoms with Gasteiger partial charge in [-0.15, -0.1) is 0 Å². The lowest BCUT2D eigenvalue weighted by molar-refractivity contribution is -0.122. The molecule has 4 heteroatoms. The maximum Gasteiger partial charge on any atom is 0.236 e. The first-order valence-electron chi connectivity index (χ1n) is 4.21. The molecule has 0 aromatic carbocycles. The molecule has 0 saturated heterocycles. The Kier molecular flexibility index (Phi) is 3.52. The third-order valence-corrected chi connectivity index (χ3v) is 1.80. The quantitative estimate of drug-likeness (QED) is 0.713. The zero-order valence-corrected chi connectivity index (χ0v) is 7.83. The van der Waals surface area contributed by atoms with Gasteiger partial charge in [0.25, 0.3) is 0 Å². The topological polar surface area (TPSA) is 54.3 Å². The van der Waals surface area contributed by atoms with E-state index >= 15 is 0 Å². The summed E-state index contributed by atoms with van der Waals surface area (Å²) in [7, 11) is 1.62. The fourth-order valence-electron chi connectivity index (χ4n) is 0.976. The van der Waals surface area contributed by atoms with Gasteiger partial charge in [-0.1, -0.05) is 0 Å². The molecule has 0 aliphatic heterocycles. The maximum atomic E-state index is 11.1. The summed E-state index contributed by atoms with van der Waals surface area (Å²) in [4.78, 5) is 11.1. The average Bonchev–Trinajstić information content (AvgIpc) is 2.65. The van der Waals surface area contributed by atoms with Crippen LogP contribution in [0.2, 0.25) is 0 Å². The molecule has 0 saturated carbocycles. The lowest BCUT2D eigenvalue weighted by Gasteiger charge is -2.10. The number of carbonyl (C=O) groups excluding carboxylic acids is 1. The standard InChI is InChI=1S/C9H14N2O2/c1-7(9(12)10-2)11-6-8-4-3-5-13-8/h3-5,7,11H,6H2,1-2H3,(H,10,12)/t7-/m1/s1. The largest absolute Gasteiger partial charge is 0.468 e. The van der Waals surface area contributed by atoms with Gasteiger partial charge >= 0.3 is 0 Å². The summed E-state index contributed by atoms with van der Waals surface area (Å²) in [5.41, 5.74) is 0. The summed E-state index contributed by atoms with van der Waals surface area (Å²) < 4.78 is 5.10. The van der Waals surface area contributed by atoms with Crippen LogP contribution >= 0.6 is 0 Å². The number of carbonyl (C=O) groups is 1. The Bertz CT molecular complexity index is 257. The van der Waals surface area contributed by atoms with Crippen molar-refractivity contribution in [2.45, 2.75) is 19.5 Å². The molecule has 1 aromatic rings. The smallest absolute Gasteiger partial charge is 0.236 e. The van der Waals surface area contributed by atoms with E-state index in [9.17, 15) is 4.79 Å². The summed E-state index contributed by atoms with van der Waals surface area (Å²) >= 11 is 0. The summed E-state index contributed by atoms with van der Waals surface area (Å²) in [5, 5.41) is 5.59. The highest BCUT2D eigenvalue weighted by Gasteiger charge is 2.09. The van der Waals surface area contributed by atoms with Gasteiger partial charge in [0.2, 0.25) is 5.91 Å². The van der Waals surface area contributed by atoms with Crippen LogP contribution in [0.1, 0.15) is 12.7 Å². The predicted octanol–water partition coefficient (Wildman–Crippen LogP) is 0.504. The van der Waals surface area contributed by atoms with Gasteiger partial charge in [-0.05, 0) is 19.1 Å². The predicted molar refractivity (Wildman–Crippen MR) is 49.1 cm³/mol. The van der Waals surface area contributed by atoms with Crippen molar-refractivity contribution in [2.75, 3.05) is 7.05 Å². The van der Waals surface area contributed by atoms with Crippen molar-refractivity contribution in [1.29, 1.82) is 0 Å². The van der Waals surface area contributed by atoms with Gasteiger partial charge < -0.3 is 9.73 Å². The molecule has 0 aliphatic rings. The fraction of sp³-hybridized carbons (Fsp3) is 0.444. The van der Waals surface area contributed by atoms with Crippen LogP contribution in [0.15, 0.2) is 22.8 Å². The number of rotatable bonds is 4. The minimum atomic E-state index is -0.199. The van der Waals surface area contributed by atoms with E-state index in [0.717, 1.165) is 5.76 Å². The van der Waals surface area contributed by atoms with Crippen molar-refractivity contribution in [3.8, 4) is 0 Å². The van der Waals surface area contributed by atoms with Crippen LogP contribution in [0.5, 0.6) is 0 Å². The van der Waals surface area contributed by atoms with Crippen LogP contribution in [-0.4, -0.2) is 19.0 Å². The van der Waals surface area contributed by atoms with E-state index in [1.807, 2.05) is 19.1 Å². The molecule has 0 radical (unpaired) electrons. The van der Waals surface area contributed by atoms with Gasteiger partial charge in [0.15, 0.2) is 0 Å². The molecular weight excluding hydrogens is 168 g/mol. The molecule has 0 aliphatic carbocycles. The Morgan fingerprint density at radius 3 is 3.00 bits per heavy atom. The van der Waals surface area contributed by atoms with Gasteiger partial charge in [-0.3, -0.25) is 10.1 Å². The van der Waals surface area contributed by atoms with E-state index < -0.39 is 0 Å². The van der Waals surface area contributed by atoms with Crippen LogP contribution in [0.4, 0.5) is 0 Å². The van der Waals surface area contributed by atoms with Crippen LogP contribution in [0.3, 0.4) is 0 Å². The second-order valence-corrected chi connectivity index (χ2v) is 2.80. The van der Waals surface area contributed by atoms with Crippen LogP contribution in [0, 0.1) is 0 Å². The lowest BCUT2D eigenvalue weighted by atomic mass is 10.3. The minimum Gasteiger partial charge on any atom is -0.468 e. The van der Waals surface area contributed by atoms with Crippen molar-refractivity contribution < 1.29 is 9.21 Å². The van der Waals surface area contributed by atoms with Gasteiger partial charge in [-0.2, -0.15) is 0 Å². The van der Waals surface area contributed by atoms with Gasteiger partial charge in [-0.25, -0.2) is 0 Å². The normalized spacial score (nSPS) is 12.5. The Labute approximate surface area is 77.3 Å². The summed E-state index contributed by atoms with van der Waals surface area (Å²) in [6, 6.07) is 3.49. The highest BCUT2D eigenvalue weighted by atomic mass is 16.3. The van der Waals surface area contributed by atoms with Crippen molar-refractivity contribution in [3.63, 3.8) is 0 Å². The Morgan fingerprint density at radius 2 is 2.46 bits per heavy atom. The number of nitrogens with one attached hydrogen (secondary N) is 2. The van der Waals surface area contributed by atoms with Gasteiger partial charge in [0, 0.05) is 7.05 Å². The van der Waals surface area contributed by atoms with Crippen LogP contribution in [-0.2, 0) is 11.3 Å².